The van der Waals surface area contributed by atoms with Crippen LogP contribution in [-0.2, 0) is 4.74 Å². The van der Waals surface area contributed by atoms with Gasteiger partial charge in [0, 0.05) is 0 Å². The second-order valence-corrected chi connectivity index (χ2v) is 1.79. The smallest absolute Gasteiger partial charge is 0.333 e. The number of rotatable bonds is 0. The molecule has 2 nitrogen and oxygen atoms in total. The summed E-state index contributed by atoms with van der Waals surface area (Å²) in [5.41, 5.74) is 0. The lowest BCUT2D eigenvalue weighted by molar-refractivity contribution is -0.487. The van der Waals surface area contributed by atoms with Gasteiger partial charge in [0.1, 0.15) is 7.05 Å². The summed E-state index contributed by atoms with van der Waals surface area (Å²) >= 11 is 0. The number of ether oxygens (including phenoxy) is 1. The summed E-state index contributed by atoms with van der Waals surface area (Å²) in [6.45, 7) is 3.89. The molecular formula is C5H10BrNO. The molecule has 3 heteroatoms. The van der Waals surface area contributed by atoms with Crippen LogP contribution in [0, 0.1) is 0 Å². The molecule has 0 spiro atoms. The molecule has 0 aromatic heterocycles. The van der Waals surface area contributed by atoms with Crippen molar-refractivity contribution in [2.75, 3.05) is 20.2 Å². The maximum atomic E-state index is 5.11. The first-order chi connectivity index (χ1) is 3.30. The fraction of sp³-hybridized carbons (Fsp3) is 0.800. The number of hydrogen-bond acceptors (Lipinski definition) is 1. The van der Waals surface area contributed by atoms with Crippen molar-refractivity contribution in [2.45, 2.75) is 6.92 Å². The summed E-state index contributed by atoms with van der Waals surface area (Å²) in [6, 6.07) is 0. The Morgan fingerprint density at radius 2 is 2.25 bits per heavy atom. The third-order valence-electron chi connectivity index (χ3n) is 1.28. The lowest BCUT2D eigenvalue weighted by atomic mass is 10.7. The zero-order chi connectivity index (χ0) is 5.28. The minimum Gasteiger partial charge on any atom is -1.00 e. The van der Waals surface area contributed by atoms with Gasteiger partial charge in [-0.2, -0.15) is 0 Å². The Kier molecular flexibility index (Phi) is 3.05. The van der Waals surface area contributed by atoms with Gasteiger partial charge in [0.15, 0.2) is 13.2 Å². The molecule has 0 amide bonds. The van der Waals surface area contributed by atoms with E-state index in [1.54, 1.807) is 0 Å². The quantitative estimate of drug-likeness (QED) is 0.364. The van der Waals surface area contributed by atoms with Gasteiger partial charge < -0.3 is 21.7 Å². The van der Waals surface area contributed by atoms with Crippen LogP contribution in [0.1, 0.15) is 6.92 Å². The highest BCUT2D eigenvalue weighted by Crippen LogP contribution is 1.88. The van der Waals surface area contributed by atoms with Crippen LogP contribution >= 0.6 is 0 Å². The van der Waals surface area contributed by atoms with Gasteiger partial charge in [-0.25, -0.2) is 4.58 Å². The summed E-state index contributed by atoms with van der Waals surface area (Å²) in [6.07, 6.45) is 0. The molecule has 0 unspecified atom stereocenters. The van der Waals surface area contributed by atoms with Crippen molar-refractivity contribution in [3.05, 3.63) is 0 Å². The Hall–Kier alpha value is -0.0500. The van der Waals surface area contributed by atoms with Crippen LogP contribution in [0.25, 0.3) is 0 Å². The van der Waals surface area contributed by atoms with Crippen LogP contribution in [-0.4, -0.2) is 30.7 Å². The van der Waals surface area contributed by atoms with Gasteiger partial charge in [-0.3, -0.25) is 0 Å². The van der Waals surface area contributed by atoms with Gasteiger partial charge in [-0.1, -0.05) is 0 Å². The lowest BCUT2D eigenvalue weighted by Gasteiger charge is -1.82. The highest BCUT2D eigenvalue weighted by Gasteiger charge is 2.12. The Balaban J connectivity index is 0.000000490. The van der Waals surface area contributed by atoms with E-state index in [1.165, 1.54) is 0 Å². The Labute approximate surface area is 59.9 Å². The molecule has 0 radical (unpaired) electrons. The van der Waals surface area contributed by atoms with Crippen molar-refractivity contribution in [2.24, 2.45) is 0 Å². The van der Waals surface area contributed by atoms with Gasteiger partial charge in [0.2, 0.25) is 0 Å². The SMILES string of the molecule is CC1=[N+](C)CCO1.[Br-]. The fourth-order valence-electron chi connectivity index (χ4n) is 0.598. The standard InChI is InChI=1S/C5H10NO.BrH/c1-5-6(2)3-4-7-5;/h3-4H2,1-2H3;1H/q+1;/p-1. The zero-order valence-corrected chi connectivity index (χ0v) is 6.73. The van der Waals surface area contributed by atoms with Crippen molar-refractivity contribution in [3.63, 3.8) is 0 Å². The third kappa shape index (κ3) is 1.47. The van der Waals surface area contributed by atoms with E-state index in [4.69, 9.17) is 4.74 Å². The van der Waals surface area contributed by atoms with Gasteiger partial charge in [-0.15, -0.1) is 0 Å². The average molecular weight is 180 g/mol. The number of halogens is 1. The highest BCUT2D eigenvalue weighted by atomic mass is 79.9. The summed E-state index contributed by atoms with van der Waals surface area (Å²) in [5.74, 6) is 1.04. The van der Waals surface area contributed by atoms with Crippen LogP contribution in [0.3, 0.4) is 0 Å². The molecule has 48 valence electrons. The first-order valence-electron chi connectivity index (χ1n) is 2.48. The Bertz CT molecular complexity index is 99.0. The van der Waals surface area contributed by atoms with Crippen LogP contribution in [0.4, 0.5) is 0 Å². The molecule has 1 aliphatic heterocycles. The third-order valence-corrected chi connectivity index (χ3v) is 1.28. The van der Waals surface area contributed by atoms with E-state index in [1.807, 2.05) is 14.0 Å². The first-order valence-corrected chi connectivity index (χ1v) is 2.48. The van der Waals surface area contributed by atoms with Crippen molar-refractivity contribution in [1.82, 2.24) is 0 Å². The predicted octanol–water partition coefficient (Wildman–Crippen LogP) is -2.92. The predicted molar refractivity (Wildman–Crippen MR) is 27.7 cm³/mol. The minimum absolute atomic E-state index is 0. The normalized spacial score (nSPS) is 17.8. The molecule has 1 rings (SSSR count). The van der Waals surface area contributed by atoms with E-state index in [-0.39, 0.29) is 17.0 Å². The number of nitrogens with zero attached hydrogens (tertiary/aromatic N) is 1. The molecule has 0 aliphatic carbocycles. The van der Waals surface area contributed by atoms with Crippen molar-refractivity contribution in [1.29, 1.82) is 0 Å². The molecule has 1 aliphatic rings. The van der Waals surface area contributed by atoms with Crippen LogP contribution in [0.5, 0.6) is 0 Å². The zero-order valence-electron chi connectivity index (χ0n) is 5.15. The average Bonchev–Trinajstić information content (AvgIpc) is 1.91. The first kappa shape index (κ1) is 7.95. The van der Waals surface area contributed by atoms with E-state index in [0.717, 1.165) is 19.0 Å². The minimum atomic E-state index is 0. The molecule has 1 heterocycles. The van der Waals surface area contributed by atoms with Crippen molar-refractivity contribution >= 4 is 5.90 Å². The molecule has 8 heavy (non-hydrogen) atoms. The largest absolute Gasteiger partial charge is 1.00 e. The van der Waals surface area contributed by atoms with E-state index in [9.17, 15) is 0 Å². The Morgan fingerprint density at radius 3 is 2.38 bits per heavy atom. The summed E-state index contributed by atoms with van der Waals surface area (Å²) in [7, 11) is 2.03. The molecule has 0 aromatic rings. The molecule has 0 saturated heterocycles. The van der Waals surface area contributed by atoms with Gasteiger partial charge in [0.05, 0.1) is 6.92 Å². The number of likely N-dealkylation sites (N-methyl/N-ethyl adjacent to an activating group) is 1. The molecule has 0 N–H and O–H groups in total. The molecular weight excluding hydrogens is 170 g/mol. The second-order valence-electron chi connectivity index (χ2n) is 1.79. The number of hydrogen-bond donors (Lipinski definition) is 0. The molecule has 0 saturated carbocycles. The maximum absolute atomic E-state index is 5.11. The molecule has 0 fully saturated rings. The molecule has 0 atom stereocenters. The molecule has 0 bridgehead atoms. The Morgan fingerprint density at radius 1 is 1.62 bits per heavy atom. The van der Waals surface area contributed by atoms with Gasteiger partial charge in [0.25, 0.3) is 0 Å². The van der Waals surface area contributed by atoms with E-state index >= 15 is 0 Å². The van der Waals surface area contributed by atoms with E-state index in [2.05, 4.69) is 4.58 Å². The summed E-state index contributed by atoms with van der Waals surface area (Å²) in [4.78, 5) is 0. The van der Waals surface area contributed by atoms with Crippen LogP contribution in [0.2, 0.25) is 0 Å². The molecule has 0 aromatic carbocycles. The van der Waals surface area contributed by atoms with Crippen LogP contribution in [0.15, 0.2) is 0 Å². The van der Waals surface area contributed by atoms with E-state index < -0.39 is 0 Å². The highest BCUT2D eigenvalue weighted by molar-refractivity contribution is 5.68. The second kappa shape index (κ2) is 3.07. The fourth-order valence-corrected chi connectivity index (χ4v) is 0.598. The maximum Gasteiger partial charge on any atom is 0.333 e. The summed E-state index contributed by atoms with van der Waals surface area (Å²) < 4.78 is 7.20. The van der Waals surface area contributed by atoms with Gasteiger partial charge >= 0.3 is 5.90 Å². The van der Waals surface area contributed by atoms with Crippen molar-refractivity contribution < 1.29 is 26.3 Å². The van der Waals surface area contributed by atoms with Crippen LogP contribution < -0.4 is 17.0 Å². The summed E-state index contributed by atoms with van der Waals surface area (Å²) in [5, 5.41) is 0. The monoisotopic (exact) mass is 179 g/mol. The lowest BCUT2D eigenvalue weighted by Crippen LogP contribution is -3.00. The van der Waals surface area contributed by atoms with Crippen molar-refractivity contribution in [3.8, 4) is 0 Å². The van der Waals surface area contributed by atoms with E-state index in [0.29, 0.717) is 0 Å². The van der Waals surface area contributed by atoms with Gasteiger partial charge in [-0.05, 0) is 0 Å². The topological polar surface area (TPSA) is 12.2 Å².